The number of fused-ring (bicyclic) bond motifs is 5. The van der Waals surface area contributed by atoms with Gasteiger partial charge in [0.2, 0.25) is 0 Å². The van der Waals surface area contributed by atoms with Crippen molar-refractivity contribution in [3.05, 3.63) is 11.4 Å². The van der Waals surface area contributed by atoms with Crippen molar-refractivity contribution < 1.29 is 13.9 Å². The van der Waals surface area contributed by atoms with Crippen LogP contribution in [0.15, 0.2) is 11.4 Å². The highest BCUT2D eigenvalue weighted by molar-refractivity contribution is 5.95. The van der Waals surface area contributed by atoms with Crippen LogP contribution in [0.4, 0.5) is 4.39 Å². The molecular formula is C18H25FO2. The fraction of sp³-hybridized carbons (Fsp3) is 0.833. The molecule has 0 aromatic rings. The second-order valence-corrected chi connectivity index (χ2v) is 8.04. The molecule has 2 nitrogen and oxygen atoms in total. The lowest BCUT2D eigenvalue weighted by Crippen LogP contribution is -2.52. The summed E-state index contributed by atoms with van der Waals surface area (Å²) in [5.41, 5.74) is 0.828. The van der Waals surface area contributed by atoms with Crippen molar-refractivity contribution in [2.45, 2.75) is 64.4 Å². The van der Waals surface area contributed by atoms with Crippen LogP contribution in [0.2, 0.25) is 0 Å². The first-order valence-corrected chi connectivity index (χ1v) is 8.52. The first kappa shape index (κ1) is 13.9. The van der Waals surface area contributed by atoms with Gasteiger partial charge < -0.3 is 4.74 Å². The Morgan fingerprint density at radius 3 is 2.71 bits per heavy atom. The Kier molecular flexibility index (Phi) is 2.92. The van der Waals surface area contributed by atoms with Gasteiger partial charge in [0, 0.05) is 13.0 Å². The van der Waals surface area contributed by atoms with Crippen LogP contribution in [0.3, 0.4) is 0 Å². The molecule has 4 aliphatic rings. The molecule has 4 rings (SSSR count). The molecule has 0 spiro atoms. The van der Waals surface area contributed by atoms with Crippen molar-refractivity contribution >= 4 is 5.78 Å². The number of ketones is 1. The van der Waals surface area contributed by atoms with Gasteiger partial charge in [0.25, 0.3) is 0 Å². The van der Waals surface area contributed by atoms with Crippen LogP contribution in [-0.4, -0.2) is 18.0 Å². The van der Waals surface area contributed by atoms with Crippen LogP contribution in [0.5, 0.6) is 0 Å². The lowest BCUT2D eigenvalue weighted by Gasteiger charge is -2.56. The van der Waals surface area contributed by atoms with Gasteiger partial charge in [0.1, 0.15) is 0 Å². The van der Waals surface area contributed by atoms with Crippen LogP contribution < -0.4 is 0 Å². The Morgan fingerprint density at radius 2 is 1.90 bits per heavy atom. The Bertz CT molecular complexity index is 525. The maximum absolute atomic E-state index is 14.4. The van der Waals surface area contributed by atoms with Gasteiger partial charge in [-0.3, -0.25) is 4.79 Å². The first-order valence-electron chi connectivity index (χ1n) is 8.52. The number of halogens is 1. The van der Waals surface area contributed by atoms with Crippen molar-refractivity contribution in [1.29, 1.82) is 0 Å². The summed E-state index contributed by atoms with van der Waals surface area (Å²) in [5, 5.41) is 0. The van der Waals surface area contributed by atoms with Crippen LogP contribution >= 0.6 is 0 Å². The van der Waals surface area contributed by atoms with Crippen molar-refractivity contribution in [2.75, 3.05) is 6.61 Å². The van der Waals surface area contributed by atoms with Crippen LogP contribution in [0.25, 0.3) is 0 Å². The van der Waals surface area contributed by atoms with Gasteiger partial charge in [-0.1, -0.05) is 6.92 Å². The molecule has 3 fully saturated rings. The number of hydrogen-bond donors (Lipinski definition) is 0. The molecule has 1 heterocycles. The predicted molar refractivity (Wildman–Crippen MR) is 78.4 cm³/mol. The minimum atomic E-state index is -0.391. The highest BCUT2D eigenvalue weighted by Gasteiger charge is 2.58. The summed E-state index contributed by atoms with van der Waals surface area (Å²) in [6.07, 6.45) is 6.44. The normalized spacial score (nSPS) is 49.7. The van der Waals surface area contributed by atoms with E-state index in [4.69, 9.17) is 4.74 Å². The summed E-state index contributed by atoms with van der Waals surface area (Å²) in [6, 6.07) is 0. The zero-order valence-corrected chi connectivity index (χ0v) is 13.1. The Morgan fingerprint density at radius 1 is 1.10 bits per heavy atom. The molecule has 0 aromatic heterocycles. The minimum Gasteiger partial charge on any atom is -0.375 e. The van der Waals surface area contributed by atoms with E-state index in [0.717, 1.165) is 50.7 Å². The van der Waals surface area contributed by atoms with Gasteiger partial charge in [-0.25, -0.2) is 4.39 Å². The van der Waals surface area contributed by atoms with E-state index < -0.39 is 5.83 Å². The molecule has 116 valence electrons. The topological polar surface area (TPSA) is 26.3 Å². The van der Waals surface area contributed by atoms with Crippen molar-refractivity contribution in [1.82, 2.24) is 0 Å². The molecule has 3 aliphatic carbocycles. The molecule has 1 saturated heterocycles. The molecule has 2 saturated carbocycles. The van der Waals surface area contributed by atoms with E-state index in [2.05, 4.69) is 13.8 Å². The van der Waals surface area contributed by atoms with E-state index in [1.165, 1.54) is 0 Å². The average Bonchev–Trinajstić information content (AvgIpc) is 2.85. The lowest BCUT2D eigenvalue weighted by atomic mass is 9.49. The number of rotatable bonds is 0. The van der Waals surface area contributed by atoms with Crippen LogP contribution in [-0.2, 0) is 9.53 Å². The molecular weight excluding hydrogens is 267 g/mol. The second-order valence-electron chi connectivity index (χ2n) is 8.04. The number of ether oxygens (including phenoxy) is 1. The molecule has 0 N–H and O–H groups in total. The number of carbonyl (C=O) groups excluding carboxylic acids is 1. The SMILES string of the molecule is C[C@]12CCC(=O)C(F)=C1CC[C@@H]1[C@@H]2CC[C@]2(C)OCC[C@@H]12. The van der Waals surface area contributed by atoms with Crippen molar-refractivity contribution in [3.8, 4) is 0 Å². The molecule has 3 heteroatoms. The zero-order valence-electron chi connectivity index (χ0n) is 13.1. The average molecular weight is 292 g/mol. The molecule has 0 radical (unpaired) electrons. The summed E-state index contributed by atoms with van der Waals surface area (Å²) < 4.78 is 20.4. The lowest BCUT2D eigenvalue weighted by molar-refractivity contribution is -0.122. The number of carbonyl (C=O) groups is 1. The van der Waals surface area contributed by atoms with E-state index in [9.17, 15) is 9.18 Å². The van der Waals surface area contributed by atoms with E-state index in [0.29, 0.717) is 24.2 Å². The van der Waals surface area contributed by atoms with Gasteiger partial charge in [-0.2, -0.15) is 0 Å². The third kappa shape index (κ3) is 1.76. The van der Waals surface area contributed by atoms with Crippen LogP contribution in [0.1, 0.15) is 58.8 Å². The molecule has 21 heavy (non-hydrogen) atoms. The van der Waals surface area contributed by atoms with Gasteiger partial charge >= 0.3 is 0 Å². The maximum Gasteiger partial charge on any atom is 0.191 e. The van der Waals surface area contributed by atoms with Gasteiger partial charge in [-0.05, 0) is 74.2 Å². The van der Waals surface area contributed by atoms with Gasteiger partial charge in [0.05, 0.1) is 5.60 Å². The summed E-state index contributed by atoms with van der Waals surface area (Å²) in [6.45, 7) is 5.39. The standard InChI is InChI=1S/C18H25FO2/c1-17-8-6-15(20)16(19)14(17)4-3-11-12(17)5-9-18(2)13(11)7-10-21-18/h11-13H,3-10H2,1-2H3/t11-,12+,13+,17-,18+/m1/s1. The van der Waals surface area contributed by atoms with E-state index in [1.807, 2.05) is 0 Å². The predicted octanol–water partition coefficient (Wildman–Crippen LogP) is 4.19. The zero-order chi connectivity index (χ0) is 14.8. The largest absolute Gasteiger partial charge is 0.375 e. The fourth-order valence-electron chi connectivity index (χ4n) is 6.05. The second kappa shape index (κ2) is 4.41. The van der Waals surface area contributed by atoms with E-state index in [-0.39, 0.29) is 16.8 Å². The number of allylic oxidation sites excluding steroid dienone is 2. The summed E-state index contributed by atoms with van der Waals surface area (Å²) in [5.74, 6) is 1.18. The van der Waals surface area contributed by atoms with Crippen molar-refractivity contribution in [3.63, 3.8) is 0 Å². The Labute approximate surface area is 126 Å². The minimum absolute atomic E-state index is 0.0573. The van der Waals surface area contributed by atoms with E-state index in [1.54, 1.807) is 0 Å². The smallest absolute Gasteiger partial charge is 0.191 e. The highest BCUT2D eigenvalue weighted by atomic mass is 19.1. The molecule has 1 aliphatic heterocycles. The Balaban J connectivity index is 1.72. The van der Waals surface area contributed by atoms with Gasteiger partial charge in [-0.15, -0.1) is 0 Å². The monoisotopic (exact) mass is 292 g/mol. The third-order valence-corrected chi connectivity index (χ3v) is 7.25. The Hall–Kier alpha value is -0.700. The first-order chi connectivity index (χ1) is 9.96. The summed E-state index contributed by atoms with van der Waals surface area (Å²) >= 11 is 0. The summed E-state index contributed by atoms with van der Waals surface area (Å²) in [7, 11) is 0. The third-order valence-electron chi connectivity index (χ3n) is 7.25. The van der Waals surface area contributed by atoms with Crippen LogP contribution in [0, 0.1) is 23.2 Å². The number of hydrogen-bond acceptors (Lipinski definition) is 2. The fourth-order valence-corrected chi connectivity index (χ4v) is 6.05. The quantitative estimate of drug-likeness (QED) is 0.669. The van der Waals surface area contributed by atoms with Gasteiger partial charge in [0.15, 0.2) is 11.6 Å². The molecule has 0 aromatic carbocycles. The molecule has 5 atom stereocenters. The molecule has 0 bridgehead atoms. The highest BCUT2D eigenvalue weighted by Crippen LogP contribution is 2.62. The molecule has 0 amide bonds. The summed E-state index contributed by atoms with van der Waals surface area (Å²) in [4.78, 5) is 11.7. The van der Waals surface area contributed by atoms with Crippen molar-refractivity contribution in [2.24, 2.45) is 23.2 Å². The van der Waals surface area contributed by atoms with E-state index >= 15 is 0 Å². The molecule has 0 unspecified atom stereocenters. The maximum atomic E-state index is 14.4. The number of Topliss-reactive ketones (excluding diaryl/α,β-unsaturated/α-hetero) is 1.